The molecule has 70 valence electrons. The molecule has 2 rings (SSSR count). The summed E-state index contributed by atoms with van der Waals surface area (Å²) in [5.41, 5.74) is 1.17. The molecule has 13 heavy (non-hydrogen) atoms. The van der Waals surface area contributed by atoms with Crippen LogP contribution in [0.5, 0.6) is 5.75 Å². The van der Waals surface area contributed by atoms with Crippen molar-refractivity contribution in [2.45, 2.75) is 21.4 Å². The zero-order chi connectivity index (χ0) is 9.47. The van der Waals surface area contributed by atoms with Crippen LogP contribution in [0.15, 0.2) is 18.2 Å². The van der Waals surface area contributed by atoms with Crippen LogP contribution in [0.1, 0.15) is 5.56 Å². The molecule has 0 fully saturated rings. The summed E-state index contributed by atoms with van der Waals surface area (Å²) in [6, 6.07) is 6.51. The predicted octanol–water partition coefficient (Wildman–Crippen LogP) is 2.06. The Kier molecular flexibility index (Phi) is 2.28. The first-order valence-electron chi connectivity index (χ1n) is 4.50. The van der Waals surface area contributed by atoms with Crippen molar-refractivity contribution in [2.75, 3.05) is 0 Å². The van der Waals surface area contributed by atoms with Crippen molar-refractivity contribution in [3.05, 3.63) is 23.8 Å². The first-order valence-corrected chi connectivity index (χ1v) is 14.5. The minimum atomic E-state index is -1.92. The third-order valence-electron chi connectivity index (χ3n) is 2.30. The summed E-state index contributed by atoms with van der Waals surface area (Å²) in [6.07, 6.45) is 0. The molecule has 0 unspecified atom stereocenters. The van der Waals surface area contributed by atoms with E-state index >= 15 is 0 Å². The van der Waals surface area contributed by atoms with Crippen molar-refractivity contribution in [3.8, 4) is 5.75 Å². The molecule has 1 heterocycles. The van der Waals surface area contributed by atoms with E-state index in [1.165, 1.54) is 9.14 Å². The number of benzene rings is 1. The Morgan fingerprint density at radius 3 is 2.69 bits per heavy atom. The topological polar surface area (TPSA) is 18.5 Å². The van der Waals surface area contributed by atoms with Gasteiger partial charge in [0.2, 0.25) is 0 Å². The van der Waals surface area contributed by atoms with Gasteiger partial charge in [0.15, 0.2) is 0 Å². The summed E-state index contributed by atoms with van der Waals surface area (Å²) in [5, 5.41) is 0. The van der Waals surface area contributed by atoms with Crippen LogP contribution in [0.25, 0.3) is 0 Å². The van der Waals surface area contributed by atoms with E-state index in [-0.39, 0.29) is 0 Å². The fourth-order valence-electron chi connectivity index (χ4n) is 1.37. The Balaban J connectivity index is 2.42. The number of hydrogen-bond acceptors (Lipinski definition) is 2. The molecule has 1 aliphatic heterocycles. The van der Waals surface area contributed by atoms with E-state index in [0.29, 0.717) is 6.61 Å². The summed E-state index contributed by atoms with van der Waals surface area (Å²) < 4.78 is 1.48. The van der Waals surface area contributed by atoms with Crippen molar-refractivity contribution in [1.82, 2.24) is 0 Å². The van der Waals surface area contributed by atoms with Gasteiger partial charge in [0.05, 0.1) is 0 Å². The first-order chi connectivity index (χ1) is 6.07. The molecule has 0 radical (unpaired) electrons. The maximum atomic E-state index is 5.07. The second kappa shape index (κ2) is 3.17. The van der Waals surface area contributed by atoms with Gasteiger partial charge in [0, 0.05) is 0 Å². The van der Waals surface area contributed by atoms with E-state index in [1.807, 2.05) is 0 Å². The molecule has 0 atom stereocenters. The molecule has 3 heteroatoms. The van der Waals surface area contributed by atoms with Crippen LogP contribution in [0.3, 0.4) is 0 Å². The van der Waals surface area contributed by atoms with Crippen LogP contribution in [-0.2, 0) is 11.5 Å². The van der Waals surface area contributed by atoms with E-state index in [9.17, 15) is 0 Å². The van der Waals surface area contributed by atoms with E-state index in [0.717, 1.165) is 5.75 Å². The Morgan fingerprint density at radius 2 is 2.00 bits per heavy atom. The Hall–Kier alpha value is -0.221. The van der Waals surface area contributed by atoms with Crippen LogP contribution in [0.4, 0.5) is 0 Å². The third kappa shape index (κ3) is 1.83. The van der Waals surface area contributed by atoms with Crippen molar-refractivity contribution in [2.24, 2.45) is 0 Å². The molecule has 1 aliphatic rings. The quantitative estimate of drug-likeness (QED) is 0.581. The van der Waals surface area contributed by atoms with Gasteiger partial charge >= 0.3 is 82.7 Å². The number of fused-ring (bicyclic) bond motifs is 1. The summed E-state index contributed by atoms with van der Waals surface area (Å²) in [5.74, 6) is 0.920. The van der Waals surface area contributed by atoms with Gasteiger partial charge in [0.25, 0.3) is 0 Å². The molecule has 0 bridgehead atoms. The zero-order valence-corrected chi connectivity index (χ0v) is 11.1. The average Bonchev–Trinajstić information content (AvgIpc) is 2.47. The molecule has 0 saturated carbocycles. The summed E-state index contributed by atoms with van der Waals surface area (Å²) >= 11 is -1.92. The van der Waals surface area contributed by atoms with Crippen LogP contribution in [-0.4, -0.2) is 18.4 Å². The molecule has 0 saturated heterocycles. The molecule has 0 amide bonds. The molecular weight excluding hydrogens is 271 g/mol. The van der Waals surface area contributed by atoms with Crippen LogP contribution in [0.2, 0.25) is 14.8 Å². The van der Waals surface area contributed by atoms with Gasteiger partial charge in [-0.05, 0) is 0 Å². The monoisotopic (exact) mass is 286 g/mol. The van der Waals surface area contributed by atoms with Gasteiger partial charge in [0.1, 0.15) is 0 Å². The van der Waals surface area contributed by atoms with E-state index in [2.05, 4.69) is 33.0 Å². The Labute approximate surface area is 82.7 Å². The molecule has 1 aromatic carbocycles. The third-order valence-corrected chi connectivity index (χ3v) is 8.13. The number of rotatable bonds is 1. The van der Waals surface area contributed by atoms with Crippen molar-refractivity contribution < 1.29 is 9.78 Å². The molecule has 0 N–H and O–H groups in total. The second-order valence-corrected chi connectivity index (χ2v) is 18.9. The summed E-state index contributed by atoms with van der Waals surface area (Å²) in [6.45, 7) is 0.593. The SMILES string of the molecule is [CH3][Sn]([CH3])([CH3])[c]1ccc2c(c1)OOC2. The van der Waals surface area contributed by atoms with Gasteiger partial charge < -0.3 is 0 Å². The van der Waals surface area contributed by atoms with Gasteiger partial charge in [-0.3, -0.25) is 0 Å². The molecule has 2 nitrogen and oxygen atoms in total. The van der Waals surface area contributed by atoms with Crippen LogP contribution < -0.4 is 8.47 Å². The van der Waals surface area contributed by atoms with E-state index in [1.54, 1.807) is 0 Å². The standard InChI is InChI=1S/C7H5O2.3CH3.Sn/c1-2-4-7-6(3-1)5-8-9-7;;;;/h1,3-4H,5H2;3*1H3;. The summed E-state index contributed by atoms with van der Waals surface area (Å²) in [7, 11) is 0. The zero-order valence-electron chi connectivity index (χ0n) is 8.26. The van der Waals surface area contributed by atoms with Crippen molar-refractivity contribution in [3.63, 3.8) is 0 Å². The van der Waals surface area contributed by atoms with Crippen molar-refractivity contribution in [1.29, 1.82) is 0 Å². The van der Waals surface area contributed by atoms with Crippen molar-refractivity contribution >= 4 is 22.0 Å². The Bertz CT molecular complexity index is 328. The van der Waals surface area contributed by atoms with Gasteiger partial charge in [-0.25, -0.2) is 0 Å². The molecule has 1 aromatic rings. The summed E-state index contributed by atoms with van der Waals surface area (Å²) in [4.78, 5) is 17.2. The first kappa shape index (κ1) is 9.34. The van der Waals surface area contributed by atoms with Gasteiger partial charge in [-0.2, -0.15) is 0 Å². The van der Waals surface area contributed by atoms with Gasteiger partial charge in [-0.1, -0.05) is 0 Å². The van der Waals surface area contributed by atoms with Crippen LogP contribution >= 0.6 is 0 Å². The normalized spacial score (nSPS) is 15.3. The molecular formula is C10H14O2Sn. The van der Waals surface area contributed by atoms with Crippen LogP contribution in [0, 0.1) is 0 Å². The average molecular weight is 285 g/mol. The molecule has 0 aliphatic carbocycles. The van der Waals surface area contributed by atoms with E-state index < -0.39 is 18.4 Å². The fraction of sp³-hybridized carbons (Fsp3) is 0.400. The Morgan fingerprint density at radius 1 is 1.23 bits per heavy atom. The predicted molar refractivity (Wildman–Crippen MR) is 54.8 cm³/mol. The fourth-order valence-corrected chi connectivity index (χ4v) is 4.65. The number of hydrogen-bond donors (Lipinski definition) is 0. The minimum absolute atomic E-state index is 0.593. The second-order valence-electron chi connectivity index (χ2n) is 4.42. The van der Waals surface area contributed by atoms with E-state index in [4.69, 9.17) is 9.78 Å². The molecule has 0 spiro atoms. The molecule has 0 aromatic heterocycles. The van der Waals surface area contributed by atoms with Gasteiger partial charge in [-0.15, -0.1) is 0 Å². The maximum absolute atomic E-state index is 5.07.